The van der Waals surface area contributed by atoms with Crippen molar-refractivity contribution < 1.29 is 0 Å². The number of thiazole rings is 1. The van der Waals surface area contributed by atoms with Gasteiger partial charge in [0.15, 0.2) is 0 Å². The van der Waals surface area contributed by atoms with Gasteiger partial charge in [-0.1, -0.05) is 33.6 Å². The lowest BCUT2D eigenvalue weighted by atomic mass is 9.77. The van der Waals surface area contributed by atoms with Crippen molar-refractivity contribution >= 4 is 11.3 Å². The van der Waals surface area contributed by atoms with Gasteiger partial charge in [0.1, 0.15) is 5.01 Å². The van der Waals surface area contributed by atoms with Gasteiger partial charge in [-0.25, -0.2) is 4.98 Å². The van der Waals surface area contributed by atoms with Crippen molar-refractivity contribution in [1.29, 1.82) is 0 Å². The van der Waals surface area contributed by atoms with Gasteiger partial charge in [-0.15, -0.1) is 11.3 Å². The van der Waals surface area contributed by atoms with E-state index in [4.69, 9.17) is 10.7 Å². The molecule has 0 radical (unpaired) electrons. The fourth-order valence-corrected chi connectivity index (χ4v) is 3.83. The van der Waals surface area contributed by atoms with Crippen LogP contribution in [0.4, 0.5) is 0 Å². The highest BCUT2D eigenvalue weighted by molar-refractivity contribution is 7.09. The summed E-state index contributed by atoms with van der Waals surface area (Å²) in [5.74, 6) is 1.30. The Balaban J connectivity index is 2.18. The lowest BCUT2D eigenvalue weighted by molar-refractivity contribution is 0.238. The lowest BCUT2D eigenvalue weighted by Gasteiger charge is -2.35. The standard InChI is InChI=1S/C14H24N2S/c1-4-11(3)12-9-17-13(16-12)14(15)7-5-6-10(2)8-14/h9-11H,4-8,15H2,1-3H3. The third-order valence-corrected chi connectivity index (χ3v) is 5.18. The maximum absolute atomic E-state index is 6.57. The molecular formula is C14H24N2S. The minimum absolute atomic E-state index is 0.145. The third-order valence-electron chi connectivity index (χ3n) is 4.10. The molecular weight excluding hydrogens is 228 g/mol. The molecule has 3 unspecified atom stereocenters. The van der Waals surface area contributed by atoms with E-state index in [1.54, 1.807) is 11.3 Å². The average Bonchev–Trinajstić information content (AvgIpc) is 2.77. The Labute approximate surface area is 109 Å². The Morgan fingerprint density at radius 3 is 3.06 bits per heavy atom. The van der Waals surface area contributed by atoms with Crippen molar-refractivity contribution in [2.45, 2.75) is 64.3 Å². The molecule has 0 aromatic carbocycles. The molecule has 3 heteroatoms. The SMILES string of the molecule is CCC(C)c1csc(C2(N)CCCC(C)C2)n1. The molecule has 2 rings (SSSR count). The molecule has 96 valence electrons. The number of hydrogen-bond acceptors (Lipinski definition) is 3. The smallest absolute Gasteiger partial charge is 0.113 e. The molecule has 1 saturated carbocycles. The zero-order valence-electron chi connectivity index (χ0n) is 11.2. The summed E-state index contributed by atoms with van der Waals surface area (Å²) in [5, 5.41) is 3.37. The summed E-state index contributed by atoms with van der Waals surface area (Å²) < 4.78 is 0. The first-order valence-electron chi connectivity index (χ1n) is 6.80. The van der Waals surface area contributed by atoms with Crippen LogP contribution in [0.5, 0.6) is 0 Å². The molecule has 1 aliphatic rings. The highest BCUT2D eigenvalue weighted by Crippen LogP contribution is 2.39. The van der Waals surface area contributed by atoms with E-state index in [0.29, 0.717) is 5.92 Å². The van der Waals surface area contributed by atoms with E-state index in [1.165, 1.54) is 23.5 Å². The van der Waals surface area contributed by atoms with Crippen LogP contribution in [0.2, 0.25) is 0 Å². The largest absolute Gasteiger partial charge is 0.319 e. The molecule has 17 heavy (non-hydrogen) atoms. The first-order chi connectivity index (χ1) is 8.05. The molecule has 0 amide bonds. The van der Waals surface area contributed by atoms with E-state index in [1.807, 2.05) is 0 Å². The summed E-state index contributed by atoms with van der Waals surface area (Å²) in [6.07, 6.45) is 5.92. The molecule has 2 N–H and O–H groups in total. The number of rotatable bonds is 3. The van der Waals surface area contributed by atoms with Crippen molar-refractivity contribution in [3.63, 3.8) is 0 Å². The minimum Gasteiger partial charge on any atom is -0.319 e. The first-order valence-corrected chi connectivity index (χ1v) is 7.68. The Morgan fingerprint density at radius 1 is 1.65 bits per heavy atom. The van der Waals surface area contributed by atoms with Gasteiger partial charge < -0.3 is 5.73 Å². The minimum atomic E-state index is -0.145. The van der Waals surface area contributed by atoms with Gasteiger partial charge in [-0.2, -0.15) is 0 Å². The van der Waals surface area contributed by atoms with Crippen molar-refractivity contribution in [3.05, 3.63) is 16.1 Å². The van der Waals surface area contributed by atoms with Crippen LogP contribution in [0.15, 0.2) is 5.38 Å². The Kier molecular flexibility index (Phi) is 3.88. The van der Waals surface area contributed by atoms with Crippen LogP contribution >= 0.6 is 11.3 Å². The predicted molar refractivity (Wildman–Crippen MR) is 74.3 cm³/mol. The van der Waals surface area contributed by atoms with Crippen LogP contribution in [-0.2, 0) is 5.54 Å². The molecule has 2 nitrogen and oxygen atoms in total. The van der Waals surface area contributed by atoms with Crippen LogP contribution in [0.3, 0.4) is 0 Å². The van der Waals surface area contributed by atoms with Gasteiger partial charge in [0, 0.05) is 5.38 Å². The maximum Gasteiger partial charge on any atom is 0.113 e. The molecule has 1 aromatic heterocycles. The van der Waals surface area contributed by atoms with Crippen molar-refractivity contribution in [3.8, 4) is 0 Å². The molecule has 0 aliphatic heterocycles. The van der Waals surface area contributed by atoms with E-state index in [9.17, 15) is 0 Å². The van der Waals surface area contributed by atoms with Gasteiger partial charge in [0.2, 0.25) is 0 Å². The number of nitrogens with two attached hydrogens (primary N) is 1. The summed E-state index contributed by atoms with van der Waals surface area (Å²) in [7, 11) is 0. The second kappa shape index (κ2) is 5.07. The number of nitrogens with zero attached hydrogens (tertiary/aromatic N) is 1. The van der Waals surface area contributed by atoms with Crippen LogP contribution in [0.25, 0.3) is 0 Å². The maximum atomic E-state index is 6.57. The van der Waals surface area contributed by atoms with E-state index in [-0.39, 0.29) is 5.54 Å². The molecule has 0 saturated heterocycles. The molecule has 0 bridgehead atoms. The fraction of sp³-hybridized carbons (Fsp3) is 0.786. The highest BCUT2D eigenvalue weighted by atomic mass is 32.1. The molecule has 0 spiro atoms. The zero-order valence-corrected chi connectivity index (χ0v) is 12.0. The Morgan fingerprint density at radius 2 is 2.41 bits per heavy atom. The van der Waals surface area contributed by atoms with Gasteiger partial charge in [0.05, 0.1) is 11.2 Å². The monoisotopic (exact) mass is 252 g/mol. The van der Waals surface area contributed by atoms with Gasteiger partial charge >= 0.3 is 0 Å². The van der Waals surface area contributed by atoms with Gasteiger partial charge in [-0.3, -0.25) is 0 Å². The molecule has 1 aliphatic carbocycles. The number of aromatic nitrogens is 1. The van der Waals surface area contributed by atoms with E-state index < -0.39 is 0 Å². The normalized spacial score (nSPS) is 31.4. The van der Waals surface area contributed by atoms with Gasteiger partial charge in [0.25, 0.3) is 0 Å². The summed E-state index contributed by atoms with van der Waals surface area (Å²) >= 11 is 1.76. The van der Waals surface area contributed by atoms with E-state index >= 15 is 0 Å². The second-order valence-corrected chi connectivity index (χ2v) is 6.60. The quantitative estimate of drug-likeness (QED) is 0.882. The number of hydrogen-bond donors (Lipinski definition) is 1. The zero-order chi connectivity index (χ0) is 12.5. The van der Waals surface area contributed by atoms with Crippen molar-refractivity contribution in [1.82, 2.24) is 4.98 Å². The Hall–Kier alpha value is -0.410. The summed E-state index contributed by atoms with van der Waals surface area (Å²) in [6.45, 7) is 6.76. The van der Waals surface area contributed by atoms with Crippen LogP contribution < -0.4 is 5.73 Å². The first kappa shape index (κ1) is 13.0. The van der Waals surface area contributed by atoms with Crippen LogP contribution in [-0.4, -0.2) is 4.98 Å². The Bertz CT molecular complexity index is 374. The van der Waals surface area contributed by atoms with Gasteiger partial charge in [-0.05, 0) is 31.1 Å². The molecule has 1 heterocycles. The van der Waals surface area contributed by atoms with Crippen molar-refractivity contribution in [2.24, 2.45) is 11.7 Å². The van der Waals surface area contributed by atoms with Crippen LogP contribution in [0.1, 0.15) is 69.5 Å². The fourth-order valence-electron chi connectivity index (χ4n) is 2.74. The highest BCUT2D eigenvalue weighted by Gasteiger charge is 2.35. The topological polar surface area (TPSA) is 38.9 Å². The summed E-state index contributed by atoms with van der Waals surface area (Å²) in [5.41, 5.74) is 7.66. The summed E-state index contributed by atoms with van der Waals surface area (Å²) in [4.78, 5) is 4.80. The predicted octanol–water partition coefficient (Wildman–Crippen LogP) is 4.02. The second-order valence-electron chi connectivity index (χ2n) is 5.74. The molecule has 1 fully saturated rings. The molecule has 3 atom stereocenters. The van der Waals surface area contributed by atoms with E-state index in [2.05, 4.69) is 26.2 Å². The average molecular weight is 252 g/mol. The van der Waals surface area contributed by atoms with E-state index in [0.717, 1.165) is 25.2 Å². The van der Waals surface area contributed by atoms with Crippen LogP contribution in [0, 0.1) is 5.92 Å². The van der Waals surface area contributed by atoms with Crippen molar-refractivity contribution in [2.75, 3.05) is 0 Å². The third kappa shape index (κ3) is 2.71. The molecule has 1 aromatic rings. The lowest BCUT2D eigenvalue weighted by Crippen LogP contribution is -2.40. The summed E-state index contributed by atoms with van der Waals surface area (Å²) in [6, 6.07) is 0.